The van der Waals surface area contributed by atoms with Crippen LogP contribution in [0, 0.1) is 0 Å². The van der Waals surface area contributed by atoms with Crippen LogP contribution in [0.4, 0.5) is 0 Å². The lowest BCUT2D eigenvalue weighted by Crippen LogP contribution is -2.39. The Morgan fingerprint density at radius 2 is 1.83 bits per heavy atom. The van der Waals surface area contributed by atoms with E-state index in [2.05, 4.69) is 65.0 Å². The Morgan fingerprint density at radius 1 is 1.04 bits per heavy atom. The van der Waals surface area contributed by atoms with Crippen molar-refractivity contribution in [2.45, 2.75) is 20.4 Å². The number of nitrogens with one attached hydrogen (secondary N) is 2. The molecule has 0 spiro atoms. The molecule has 0 heterocycles. The topological polar surface area (TPSA) is 45.7 Å². The van der Waals surface area contributed by atoms with Gasteiger partial charge in [-0.2, -0.15) is 0 Å². The molecule has 5 heteroatoms. The number of hydrogen-bond donors (Lipinski definition) is 2. The van der Waals surface area contributed by atoms with Crippen LogP contribution in [0.1, 0.15) is 19.4 Å². The minimum absolute atomic E-state index is 0. The molecule has 2 rings (SSSR count). The van der Waals surface area contributed by atoms with E-state index in [0.717, 1.165) is 25.7 Å². The molecule has 126 valence electrons. The van der Waals surface area contributed by atoms with Crippen molar-refractivity contribution in [1.82, 2.24) is 10.6 Å². The van der Waals surface area contributed by atoms with E-state index in [1.54, 1.807) is 0 Å². The highest BCUT2D eigenvalue weighted by Crippen LogP contribution is 2.18. The molecule has 0 aromatic heterocycles. The summed E-state index contributed by atoms with van der Waals surface area (Å²) < 4.78 is 5.34. The van der Waals surface area contributed by atoms with Gasteiger partial charge >= 0.3 is 0 Å². The lowest BCUT2D eigenvalue weighted by Gasteiger charge is -2.11. The van der Waals surface area contributed by atoms with Crippen molar-refractivity contribution in [3.63, 3.8) is 0 Å². The van der Waals surface area contributed by atoms with E-state index >= 15 is 0 Å². The molecule has 0 atom stereocenters. The first kappa shape index (κ1) is 19.7. The zero-order valence-corrected chi connectivity index (χ0v) is 16.2. The van der Waals surface area contributed by atoms with Crippen molar-refractivity contribution in [3.8, 4) is 0 Å². The lowest BCUT2D eigenvalue weighted by molar-refractivity contribution is 0.152. The molecular formula is C18H26IN3O. The number of fused-ring (bicyclic) bond motifs is 1. The summed E-state index contributed by atoms with van der Waals surface area (Å²) in [5, 5.41) is 9.07. The van der Waals surface area contributed by atoms with Gasteiger partial charge in [-0.25, -0.2) is 4.99 Å². The van der Waals surface area contributed by atoms with Crippen LogP contribution < -0.4 is 10.6 Å². The number of benzene rings is 2. The molecule has 2 aromatic carbocycles. The lowest BCUT2D eigenvalue weighted by atomic mass is 10.1. The molecule has 2 aromatic rings. The quantitative estimate of drug-likeness (QED) is 0.308. The number of ether oxygens (including phenoxy) is 1. The van der Waals surface area contributed by atoms with E-state index in [-0.39, 0.29) is 24.0 Å². The molecule has 0 radical (unpaired) electrons. The third-order valence-electron chi connectivity index (χ3n) is 3.37. The maximum Gasteiger partial charge on any atom is 0.191 e. The Morgan fingerprint density at radius 3 is 2.61 bits per heavy atom. The summed E-state index contributed by atoms with van der Waals surface area (Å²) >= 11 is 0. The predicted molar refractivity (Wildman–Crippen MR) is 109 cm³/mol. The van der Waals surface area contributed by atoms with Gasteiger partial charge in [0.25, 0.3) is 0 Å². The fourth-order valence-corrected chi connectivity index (χ4v) is 2.32. The van der Waals surface area contributed by atoms with Gasteiger partial charge in [0.1, 0.15) is 0 Å². The Labute approximate surface area is 155 Å². The van der Waals surface area contributed by atoms with Gasteiger partial charge in [0.15, 0.2) is 5.96 Å². The maximum absolute atomic E-state index is 5.34. The highest BCUT2D eigenvalue weighted by Gasteiger charge is 2.01. The zero-order chi connectivity index (χ0) is 15.6. The molecule has 0 saturated heterocycles. The van der Waals surface area contributed by atoms with E-state index < -0.39 is 0 Å². The van der Waals surface area contributed by atoms with Crippen LogP contribution in [0.5, 0.6) is 0 Å². The summed E-state index contributed by atoms with van der Waals surface area (Å²) in [7, 11) is 0. The first-order valence-corrected chi connectivity index (χ1v) is 7.91. The fourth-order valence-electron chi connectivity index (χ4n) is 2.32. The molecule has 0 fully saturated rings. The van der Waals surface area contributed by atoms with Gasteiger partial charge in [0, 0.05) is 19.7 Å². The monoisotopic (exact) mass is 427 g/mol. The molecule has 4 nitrogen and oxygen atoms in total. The normalized spacial score (nSPS) is 11.1. The molecule has 2 N–H and O–H groups in total. The van der Waals surface area contributed by atoms with Crippen molar-refractivity contribution in [3.05, 3.63) is 48.0 Å². The number of hydrogen-bond acceptors (Lipinski definition) is 2. The van der Waals surface area contributed by atoms with Crippen LogP contribution in [-0.2, 0) is 11.3 Å². The summed E-state index contributed by atoms with van der Waals surface area (Å²) in [4.78, 5) is 4.67. The fraction of sp³-hybridized carbons (Fsp3) is 0.389. The first-order valence-electron chi connectivity index (χ1n) is 7.91. The predicted octanol–water partition coefficient (Wildman–Crippen LogP) is 3.55. The second-order valence-electron chi connectivity index (χ2n) is 4.96. The van der Waals surface area contributed by atoms with E-state index in [1.807, 2.05) is 6.92 Å². The highest BCUT2D eigenvalue weighted by molar-refractivity contribution is 14.0. The Balaban J connectivity index is 0.00000264. The van der Waals surface area contributed by atoms with Gasteiger partial charge < -0.3 is 15.4 Å². The minimum Gasteiger partial charge on any atom is -0.380 e. The summed E-state index contributed by atoms with van der Waals surface area (Å²) in [5.74, 6) is 0.829. The number of aliphatic imine (C=N–C) groups is 1. The number of rotatable bonds is 7. The Kier molecular flexibility index (Phi) is 9.63. The highest BCUT2D eigenvalue weighted by atomic mass is 127. The second-order valence-corrected chi connectivity index (χ2v) is 4.96. The van der Waals surface area contributed by atoms with E-state index in [4.69, 9.17) is 4.74 Å². The third-order valence-corrected chi connectivity index (χ3v) is 3.37. The molecule has 0 saturated carbocycles. The second kappa shape index (κ2) is 11.2. The van der Waals surface area contributed by atoms with Crippen molar-refractivity contribution >= 4 is 40.7 Å². The zero-order valence-electron chi connectivity index (χ0n) is 13.8. The smallest absolute Gasteiger partial charge is 0.191 e. The average molecular weight is 427 g/mol. The van der Waals surface area contributed by atoms with Gasteiger partial charge in [-0.15, -0.1) is 24.0 Å². The SMILES string of the molecule is CCNC(=NCc1cccc2ccccc12)NCCOCC.I. The van der Waals surface area contributed by atoms with Crippen LogP contribution in [0.3, 0.4) is 0 Å². The van der Waals surface area contributed by atoms with Crippen molar-refractivity contribution in [1.29, 1.82) is 0 Å². The molecule has 0 unspecified atom stereocenters. The Hall–Kier alpha value is -1.34. The number of nitrogens with zero attached hydrogens (tertiary/aromatic N) is 1. The maximum atomic E-state index is 5.34. The van der Waals surface area contributed by atoms with Gasteiger partial charge in [0.2, 0.25) is 0 Å². The van der Waals surface area contributed by atoms with Crippen LogP contribution in [0.25, 0.3) is 10.8 Å². The number of guanidine groups is 1. The van der Waals surface area contributed by atoms with Crippen molar-refractivity contribution in [2.24, 2.45) is 4.99 Å². The van der Waals surface area contributed by atoms with Crippen LogP contribution in [0.15, 0.2) is 47.5 Å². The molecule has 0 amide bonds. The molecule has 0 bridgehead atoms. The Bertz CT molecular complexity index is 611. The summed E-state index contributed by atoms with van der Waals surface area (Å²) in [5.41, 5.74) is 1.24. The van der Waals surface area contributed by atoms with Crippen molar-refractivity contribution in [2.75, 3.05) is 26.3 Å². The summed E-state index contributed by atoms with van der Waals surface area (Å²) in [6.07, 6.45) is 0. The van der Waals surface area contributed by atoms with Gasteiger partial charge in [-0.3, -0.25) is 0 Å². The van der Waals surface area contributed by atoms with Gasteiger partial charge in [-0.05, 0) is 30.2 Å². The van der Waals surface area contributed by atoms with E-state index in [1.165, 1.54) is 16.3 Å². The first-order chi connectivity index (χ1) is 10.8. The largest absolute Gasteiger partial charge is 0.380 e. The summed E-state index contributed by atoms with van der Waals surface area (Å²) in [6, 6.07) is 14.8. The van der Waals surface area contributed by atoms with Crippen LogP contribution in [-0.4, -0.2) is 32.3 Å². The molecular weight excluding hydrogens is 401 g/mol. The average Bonchev–Trinajstić information content (AvgIpc) is 2.56. The summed E-state index contributed by atoms with van der Waals surface area (Å²) in [6.45, 7) is 7.76. The standard InChI is InChI=1S/C18H25N3O.HI/c1-3-19-18(20-12-13-22-4-2)21-14-16-10-7-9-15-8-5-6-11-17(15)16;/h5-11H,3-4,12-14H2,1-2H3,(H2,19,20,21);1H. The number of halogens is 1. The van der Waals surface area contributed by atoms with E-state index in [9.17, 15) is 0 Å². The van der Waals surface area contributed by atoms with E-state index in [0.29, 0.717) is 13.2 Å². The third kappa shape index (κ3) is 6.35. The molecule has 0 aliphatic heterocycles. The van der Waals surface area contributed by atoms with Gasteiger partial charge in [-0.1, -0.05) is 42.5 Å². The van der Waals surface area contributed by atoms with Crippen molar-refractivity contribution < 1.29 is 4.74 Å². The van der Waals surface area contributed by atoms with Crippen LogP contribution >= 0.6 is 24.0 Å². The molecule has 0 aliphatic rings. The van der Waals surface area contributed by atoms with Crippen LogP contribution in [0.2, 0.25) is 0 Å². The molecule has 23 heavy (non-hydrogen) atoms. The molecule has 0 aliphatic carbocycles. The minimum atomic E-state index is 0. The van der Waals surface area contributed by atoms with Gasteiger partial charge in [0.05, 0.1) is 13.2 Å².